The van der Waals surface area contributed by atoms with Crippen LogP contribution in [0, 0.1) is 6.92 Å². The van der Waals surface area contributed by atoms with Crippen LogP contribution in [0.3, 0.4) is 0 Å². The summed E-state index contributed by atoms with van der Waals surface area (Å²) >= 11 is 0. The molecule has 0 saturated carbocycles. The van der Waals surface area contributed by atoms with E-state index in [1.54, 1.807) is 25.1 Å². The first-order valence-corrected chi connectivity index (χ1v) is 8.42. The Kier molecular flexibility index (Phi) is 4.83. The van der Waals surface area contributed by atoms with Crippen molar-refractivity contribution in [2.45, 2.75) is 39.7 Å². The third-order valence-electron chi connectivity index (χ3n) is 4.10. The van der Waals surface area contributed by atoms with Crippen LogP contribution in [0.4, 0.5) is 5.69 Å². The summed E-state index contributed by atoms with van der Waals surface area (Å²) in [5.74, 6) is 2.17. The molecule has 0 spiro atoms. The van der Waals surface area contributed by atoms with Crippen LogP contribution in [0.2, 0.25) is 0 Å². The number of benzene rings is 2. The normalized spacial score (nSPS) is 13.6. The van der Waals surface area contributed by atoms with Crippen LogP contribution >= 0.6 is 0 Å². The molecular formula is C20H23NO4. The number of anilines is 1. The highest BCUT2D eigenvalue weighted by molar-refractivity contribution is 5.94. The van der Waals surface area contributed by atoms with Crippen LogP contribution in [0.5, 0.6) is 17.2 Å². The number of hydrogen-bond donors (Lipinski definition) is 1. The van der Waals surface area contributed by atoms with Gasteiger partial charge in [-0.2, -0.15) is 0 Å². The maximum atomic E-state index is 12.5. The molecule has 5 heteroatoms. The van der Waals surface area contributed by atoms with Gasteiger partial charge in [0.15, 0.2) is 17.6 Å². The van der Waals surface area contributed by atoms with Crippen molar-refractivity contribution in [2.24, 2.45) is 0 Å². The molecule has 1 aliphatic heterocycles. The molecule has 5 nitrogen and oxygen atoms in total. The Morgan fingerprint density at radius 2 is 1.84 bits per heavy atom. The van der Waals surface area contributed by atoms with E-state index in [4.69, 9.17) is 14.2 Å². The highest BCUT2D eigenvalue weighted by Crippen LogP contribution is 2.34. The molecule has 1 amide bonds. The summed E-state index contributed by atoms with van der Waals surface area (Å²) < 4.78 is 16.5. The summed E-state index contributed by atoms with van der Waals surface area (Å²) in [7, 11) is 0. The fraction of sp³-hybridized carbons (Fsp3) is 0.350. The van der Waals surface area contributed by atoms with Gasteiger partial charge in [-0.1, -0.05) is 26.0 Å². The molecule has 3 rings (SSSR count). The number of ether oxygens (including phenoxy) is 3. The number of hydrogen-bond acceptors (Lipinski definition) is 4. The molecule has 25 heavy (non-hydrogen) atoms. The number of rotatable bonds is 5. The predicted octanol–water partition coefficient (Wildman–Crippen LogP) is 4.25. The van der Waals surface area contributed by atoms with Crippen LogP contribution in [-0.2, 0) is 4.79 Å². The van der Waals surface area contributed by atoms with Gasteiger partial charge in [0.25, 0.3) is 5.91 Å². The SMILES string of the molecule is Cc1ccc(C(C)C)c(O[C@@H](C)C(=O)Nc2ccc3c(c2)OCO3)c1. The maximum Gasteiger partial charge on any atom is 0.265 e. The Hall–Kier alpha value is -2.69. The summed E-state index contributed by atoms with van der Waals surface area (Å²) in [6.07, 6.45) is -0.621. The second-order valence-corrected chi connectivity index (χ2v) is 6.51. The van der Waals surface area contributed by atoms with Gasteiger partial charge in [-0.05, 0) is 49.1 Å². The van der Waals surface area contributed by atoms with Gasteiger partial charge in [-0.3, -0.25) is 4.79 Å². The number of carbonyl (C=O) groups is 1. The van der Waals surface area contributed by atoms with Crippen molar-refractivity contribution in [1.82, 2.24) is 0 Å². The lowest BCUT2D eigenvalue weighted by Crippen LogP contribution is -2.30. The second-order valence-electron chi connectivity index (χ2n) is 6.51. The minimum atomic E-state index is -0.621. The molecule has 1 atom stereocenters. The van der Waals surface area contributed by atoms with Gasteiger partial charge in [-0.25, -0.2) is 0 Å². The van der Waals surface area contributed by atoms with Gasteiger partial charge >= 0.3 is 0 Å². The van der Waals surface area contributed by atoms with Crippen molar-refractivity contribution in [3.63, 3.8) is 0 Å². The molecular weight excluding hydrogens is 318 g/mol. The second kappa shape index (κ2) is 7.05. The smallest absolute Gasteiger partial charge is 0.265 e. The van der Waals surface area contributed by atoms with Crippen molar-refractivity contribution in [3.8, 4) is 17.2 Å². The van der Waals surface area contributed by atoms with Crippen LogP contribution in [0.15, 0.2) is 36.4 Å². The van der Waals surface area contributed by atoms with Gasteiger partial charge in [0.2, 0.25) is 6.79 Å². The summed E-state index contributed by atoms with van der Waals surface area (Å²) in [6, 6.07) is 11.4. The Morgan fingerprint density at radius 1 is 1.08 bits per heavy atom. The molecule has 0 unspecified atom stereocenters. The van der Waals surface area contributed by atoms with E-state index in [1.807, 2.05) is 13.0 Å². The lowest BCUT2D eigenvalue weighted by molar-refractivity contribution is -0.122. The molecule has 0 saturated heterocycles. The molecule has 2 aromatic rings. The first-order valence-electron chi connectivity index (χ1n) is 8.42. The summed E-state index contributed by atoms with van der Waals surface area (Å²) in [5, 5.41) is 2.86. The molecule has 0 radical (unpaired) electrons. The van der Waals surface area contributed by atoms with Gasteiger partial charge in [0, 0.05) is 11.8 Å². The Bertz CT molecular complexity index is 785. The fourth-order valence-corrected chi connectivity index (χ4v) is 2.68. The van der Waals surface area contributed by atoms with Gasteiger partial charge in [-0.15, -0.1) is 0 Å². The quantitative estimate of drug-likeness (QED) is 0.883. The number of fused-ring (bicyclic) bond motifs is 1. The molecule has 1 N–H and O–H groups in total. The van der Waals surface area contributed by atoms with E-state index in [0.717, 1.165) is 16.9 Å². The van der Waals surface area contributed by atoms with Crippen LogP contribution in [-0.4, -0.2) is 18.8 Å². The van der Waals surface area contributed by atoms with Crippen LogP contribution < -0.4 is 19.5 Å². The Morgan fingerprint density at radius 3 is 2.60 bits per heavy atom. The van der Waals surface area contributed by atoms with E-state index in [9.17, 15) is 4.79 Å². The van der Waals surface area contributed by atoms with Gasteiger partial charge < -0.3 is 19.5 Å². The van der Waals surface area contributed by atoms with Crippen molar-refractivity contribution < 1.29 is 19.0 Å². The van der Waals surface area contributed by atoms with E-state index < -0.39 is 6.10 Å². The number of amides is 1. The third kappa shape index (κ3) is 3.87. The van der Waals surface area contributed by atoms with Crippen molar-refractivity contribution in [1.29, 1.82) is 0 Å². The van der Waals surface area contributed by atoms with E-state index in [-0.39, 0.29) is 12.7 Å². The largest absolute Gasteiger partial charge is 0.481 e. The molecule has 1 aliphatic rings. The minimum Gasteiger partial charge on any atom is -0.481 e. The molecule has 0 aliphatic carbocycles. The monoisotopic (exact) mass is 341 g/mol. The van der Waals surface area contributed by atoms with Crippen LogP contribution in [0.25, 0.3) is 0 Å². The van der Waals surface area contributed by atoms with Crippen LogP contribution in [0.1, 0.15) is 37.8 Å². The lowest BCUT2D eigenvalue weighted by atomic mass is 10.0. The van der Waals surface area contributed by atoms with Crippen molar-refractivity contribution >= 4 is 11.6 Å². The molecule has 2 aromatic carbocycles. The lowest BCUT2D eigenvalue weighted by Gasteiger charge is -2.19. The highest BCUT2D eigenvalue weighted by Gasteiger charge is 2.19. The molecule has 0 aromatic heterocycles. The van der Waals surface area contributed by atoms with Crippen molar-refractivity contribution in [3.05, 3.63) is 47.5 Å². The predicted molar refractivity (Wildman–Crippen MR) is 96.6 cm³/mol. The van der Waals surface area contributed by atoms with E-state index >= 15 is 0 Å². The average molecular weight is 341 g/mol. The number of nitrogens with one attached hydrogen (secondary N) is 1. The minimum absolute atomic E-state index is 0.206. The summed E-state index contributed by atoms with van der Waals surface area (Å²) in [5.41, 5.74) is 2.84. The maximum absolute atomic E-state index is 12.5. The zero-order valence-electron chi connectivity index (χ0n) is 15.0. The first-order chi connectivity index (χ1) is 11.9. The zero-order valence-corrected chi connectivity index (χ0v) is 15.0. The summed E-state index contributed by atoms with van der Waals surface area (Å²) in [6.45, 7) is 8.17. The first kappa shape index (κ1) is 17.1. The van der Waals surface area contributed by atoms with E-state index in [2.05, 4.69) is 31.3 Å². The molecule has 132 valence electrons. The highest BCUT2D eigenvalue weighted by atomic mass is 16.7. The number of carbonyl (C=O) groups excluding carboxylic acids is 1. The van der Waals surface area contributed by atoms with Gasteiger partial charge in [0.1, 0.15) is 5.75 Å². The molecule has 0 bridgehead atoms. The standard InChI is InChI=1S/C20H23NO4/c1-12(2)16-7-5-13(3)9-18(16)25-14(4)20(22)21-15-6-8-17-19(10-15)24-11-23-17/h5-10,12,14H,11H2,1-4H3,(H,21,22)/t14-/m0/s1. The van der Waals surface area contributed by atoms with E-state index in [0.29, 0.717) is 23.1 Å². The average Bonchev–Trinajstić information content (AvgIpc) is 3.02. The third-order valence-corrected chi connectivity index (χ3v) is 4.10. The molecule has 0 fully saturated rings. The zero-order chi connectivity index (χ0) is 18.0. The summed E-state index contributed by atoms with van der Waals surface area (Å²) in [4.78, 5) is 12.5. The van der Waals surface area contributed by atoms with Crippen molar-refractivity contribution in [2.75, 3.05) is 12.1 Å². The van der Waals surface area contributed by atoms with E-state index in [1.165, 1.54) is 0 Å². The fourth-order valence-electron chi connectivity index (χ4n) is 2.68. The van der Waals surface area contributed by atoms with Gasteiger partial charge in [0.05, 0.1) is 0 Å². The molecule has 1 heterocycles. The Labute approximate surface area is 147 Å². The topological polar surface area (TPSA) is 56.8 Å². The number of aryl methyl sites for hydroxylation is 1. The Balaban J connectivity index is 1.70.